The third-order valence-corrected chi connectivity index (χ3v) is 5.00. The Kier molecular flexibility index (Phi) is 6.75. The number of carbonyl (C=O) groups excluding carboxylic acids is 1. The van der Waals surface area contributed by atoms with Gasteiger partial charge in [0.2, 0.25) is 0 Å². The maximum Gasteiger partial charge on any atom is 0.275 e. The molecule has 5 heteroatoms. The summed E-state index contributed by atoms with van der Waals surface area (Å²) >= 11 is 0. The minimum absolute atomic E-state index is 0.129. The van der Waals surface area contributed by atoms with Gasteiger partial charge in [-0.15, -0.1) is 0 Å². The molecule has 0 atom stereocenters. The number of hydrogen-bond acceptors (Lipinski definition) is 1. The predicted molar refractivity (Wildman–Crippen MR) is 99.5 cm³/mol. The average Bonchev–Trinajstić information content (AvgIpc) is 2.64. The fourth-order valence-corrected chi connectivity index (χ4v) is 3.53. The van der Waals surface area contributed by atoms with Gasteiger partial charge < -0.3 is 15.1 Å². The van der Waals surface area contributed by atoms with E-state index in [1.165, 1.54) is 21.4 Å². The minimum Gasteiger partial charge on any atom is -0.351 e. The molecule has 0 spiro atoms. The van der Waals surface area contributed by atoms with E-state index in [1.54, 1.807) is 12.1 Å². The van der Waals surface area contributed by atoms with Crippen molar-refractivity contribution in [2.45, 2.75) is 13.0 Å². The number of halogens is 1. The van der Waals surface area contributed by atoms with Crippen LogP contribution in [0.2, 0.25) is 0 Å². The molecule has 0 radical (unpaired) electrons. The predicted octanol–water partition coefficient (Wildman–Crippen LogP) is -0.532. The van der Waals surface area contributed by atoms with Crippen molar-refractivity contribution in [2.24, 2.45) is 0 Å². The van der Waals surface area contributed by atoms with Crippen molar-refractivity contribution >= 4 is 5.91 Å². The maximum absolute atomic E-state index is 13.3. The number of amides is 1. The van der Waals surface area contributed by atoms with E-state index in [4.69, 9.17) is 0 Å². The summed E-state index contributed by atoms with van der Waals surface area (Å²) in [5.41, 5.74) is 2.29. The monoisotopic (exact) mass is 357 g/mol. The lowest BCUT2D eigenvalue weighted by atomic mass is 10.1. The Labute approximate surface area is 154 Å². The van der Waals surface area contributed by atoms with E-state index in [9.17, 15) is 9.18 Å². The molecule has 2 aromatic carbocycles. The Hall–Kier alpha value is -2.24. The third kappa shape index (κ3) is 5.93. The van der Waals surface area contributed by atoms with Gasteiger partial charge in [-0.25, -0.2) is 4.39 Å². The van der Waals surface area contributed by atoms with Crippen molar-refractivity contribution in [1.82, 2.24) is 5.32 Å². The second kappa shape index (κ2) is 9.46. The first-order valence-corrected chi connectivity index (χ1v) is 9.41. The quantitative estimate of drug-likeness (QED) is 0.612. The van der Waals surface area contributed by atoms with E-state index in [1.807, 2.05) is 24.3 Å². The fourth-order valence-electron chi connectivity index (χ4n) is 3.53. The summed E-state index contributed by atoms with van der Waals surface area (Å²) in [4.78, 5) is 14.9. The molecule has 26 heavy (non-hydrogen) atoms. The SMILES string of the molecule is O=C(C[NH+]1CC[NH+](Cc2cccc(F)c2)CC1)NCCc1ccccc1. The molecule has 0 bridgehead atoms. The average molecular weight is 357 g/mol. The van der Waals surface area contributed by atoms with Crippen LogP contribution in [0.5, 0.6) is 0 Å². The molecule has 1 heterocycles. The number of piperazine rings is 1. The molecular weight excluding hydrogens is 329 g/mol. The molecule has 1 fully saturated rings. The van der Waals surface area contributed by atoms with Crippen molar-refractivity contribution in [1.29, 1.82) is 0 Å². The van der Waals surface area contributed by atoms with Crippen LogP contribution in [0.25, 0.3) is 0 Å². The molecule has 3 rings (SSSR count). The number of quaternary nitrogens is 2. The highest BCUT2D eigenvalue weighted by Crippen LogP contribution is 2.01. The minimum atomic E-state index is -0.168. The molecule has 1 saturated heterocycles. The van der Waals surface area contributed by atoms with Crippen LogP contribution in [-0.4, -0.2) is 45.2 Å². The van der Waals surface area contributed by atoms with Crippen LogP contribution in [-0.2, 0) is 17.8 Å². The van der Waals surface area contributed by atoms with Crippen molar-refractivity contribution in [3.05, 3.63) is 71.5 Å². The van der Waals surface area contributed by atoms with Crippen LogP contribution in [0.1, 0.15) is 11.1 Å². The lowest BCUT2D eigenvalue weighted by molar-refractivity contribution is -1.02. The zero-order chi connectivity index (χ0) is 18.2. The van der Waals surface area contributed by atoms with Crippen LogP contribution < -0.4 is 15.1 Å². The first kappa shape index (κ1) is 18.5. The van der Waals surface area contributed by atoms with E-state index in [0.29, 0.717) is 13.1 Å². The molecule has 0 aromatic heterocycles. The Balaban J connectivity index is 1.33. The smallest absolute Gasteiger partial charge is 0.275 e. The molecule has 0 saturated carbocycles. The van der Waals surface area contributed by atoms with Crippen molar-refractivity contribution in [3.63, 3.8) is 0 Å². The third-order valence-electron chi connectivity index (χ3n) is 5.00. The summed E-state index contributed by atoms with van der Waals surface area (Å²) in [7, 11) is 0. The second-order valence-electron chi connectivity index (χ2n) is 7.07. The van der Waals surface area contributed by atoms with Crippen molar-refractivity contribution < 1.29 is 19.0 Å². The fraction of sp³-hybridized carbons (Fsp3) is 0.381. The van der Waals surface area contributed by atoms with Gasteiger partial charge in [0.05, 0.1) is 0 Å². The van der Waals surface area contributed by atoms with E-state index in [2.05, 4.69) is 17.4 Å². The van der Waals surface area contributed by atoms with Crippen LogP contribution in [0.3, 0.4) is 0 Å². The van der Waals surface area contributed by atoms with Gasteiger partial charge in [0.15, 0.2) is 6.54 Å². The summed E-state index contributed by atoms with van der Waals surface area (Å²) in [6.07, 6.45) is 0.869. The van der Waals surface area contributed by atoms with E-state index < -0.39 is 0 Å². The topological polar surface area (TPSA) is 38.0 Å². The zero-order valence-corrected chi connectivity index (χ0v) is 15.1. The van der Waals surface area contributed by atoms with Crippen LogP contribution >= 0.6 is 0 Å². The van der Waals surface area contributed by atoms with Gasteiger partial charge in [0.25, 0.3) is 5.91 Å². The Bertz CT molecular complexity index is 699. The molecule has 1 aliphatic rings. The molecule has 4 nitrogen and oxygen atoms in total. The van der Waals surface area contributed by atoms with Gasteiger partial charge in [0, 0.05) is 12.1 Å². The van der Waals surface area contributed by atoms with Crippen LogP contribution in [0, 0.1) is 5.82 Å². The van der Waals surface area contributed by atoms with E-state index in [-0.39, 0.29) is 11.7 Å². The second-order valence-corrected chi connectivity index (χ2v) is 7.07. The summed E-state index contributed by atoms with van der Waals surface area (Å²) in [6, 6.07) is 17.1. The largest absolute Gasteiger partial charge is 0.351 e. The first-order valence-electron chi connectivity index (χ1n) is 9.41. The molecule has 2 aromatic rings. The van der Waals surface area contributed by atoms with Crippen molar-refractivity contribution in [3.8, 4) is 0 Å². The number of benzene rings is 2. The number of carbonyl (C=O) groups is 1. The lowest BCUT2D eigenvalue weighted by Crippen LogP contribution is -3.28. The molecule has 0 aliphatic carbocycles. The van der Waals surface area contributed by atoms with Gasteiger partial charge in [-0.05, 0) is 24.1 Å². The Morgan fingerprint density at radius 1 is 0.923 bits per heavy atom. The lowest BCUT2D eigenvalue weighted by Gasteiger charge is -2.29. The highest BCUT2D eigenvalue weighted by atomic mass is 19.1. The molecule has 1 amide bonds. The summed E-state index contributed by atoms with van der Waals surface area (Å²) in [5, 5.41) is 3.03. The molecule has 0 unspecified atom stereocenters. The highest BCUT2D eigenvalue weighted by molar-refractivity contribution is 5.76. The molecule has 1 aliphatic heterocycles. The van der Waals surface area contributed by atoms with Crippen LogP contribution in [0.4, 0.5) is 4.39 Å². The van der Waals surface area contributed by atoms with Gasteiger partial charge in [-0.1, -0.05) is 42.5 Å². The van der Waals surface area contributed by atoms with Crippen LogP contribution in [0.15, 0.2) is 54.6 Å². The maximum atomic E-state index is 13.3. The normalized spacial score (nSPS) is 19.9. The summed E-state index contributed by atoms with van der Waals surface area (Å²) in [6.45, 7) is 6.09. The Morgan fingerprint density at radius 3 is 2.35 bits per heavy atom. The highest BCUT2D eigenvalue weighted by Gasteiger charge is 2.24. The summed E-state index contributed by atoms with van der Waals surface area (Å²) < 4.78 is 13.3. The van der Waals surface area contributed by atoms with Gasteiger partial charge in [-0.3, -0.25) is 4.79 Å². The molecular formula is C21H28FN3O+2. The number of rotatable bonds is 7. The van der Waals surface area contributed by atoms with Gasteiger partial charge >= 0.3 is 0 Å². The zero-order valence-electron chi connectivity index (χ0n) is 15.1. The van der Waals surface area contributed by atoms with Crippen molar-refractivity contribution in [2.75, 3.05) is 39.3 Å². The number of nitrogens with one attached hydrogen (secondary N) is 3. The molecule has 138 valence electrons. The van der Waals surface area contributed by atoms with Gasteiger partial charge in [0.1, 0.15) is 38.5 Å². The molecule has 3 N–H and O–H groups in total. The van der Waals surface area contributed by atoms with Gasteiger partial charge in [-0.2, -0.15) is 0 Å². The van der Waals surface area contributed by atoms with E-state index >= 15 is 0 Å². The van der Waals surface area contributed by atoms with E-state index in [0.717, 1.165) is 44.7 Å². The first-order chi connectivity index (χ1) is 12.7. The Morgan fingerprint density at radius 2 is 1.62 bits per heavy atom. The number of hydrogen-bond donors (Lipinski definition) is 3. The summed E-state index contributed by atoms with van der Waals surface area (Å²) in [5.74, 6) is -0.0390. The standard InChI is InChI=1S/C21H26FN3O/c22-20-8-4-7-19(15-20)16-24-11-13-25(14-12-24)17-21(26)23-10-9-18-5-2-1-3-6-18/h1-8,15H,9-14,16-17H2,(H,23,26)/p+2.